The van der Waals surface area contributed by atoms with Crippen molar-refractivity contribution in [3.05, 3.63) is 0 Å². The highest BCUT2D eigenvalue weighted by molar-refractivity contribution is 7.34. The number of hydrogen-bond acceptors (Lipinski definition) is 0. The van der Waals surface area contributed by atoms with Crippen molar-refractivity contribution in [2.24, 2.45) is 0 Å². The van der Waals surface area contributed by atoms with Crippen LogP contribution < -0.4 is 0 Å². The molecule has 0 aliphatic heterocycles. The van der Waals surface area contributed by atoms with Gasteiger partial charge in [-0.3, -0.25) is 0 Å². The molecule has 0 spiro atoms. The van der Waals surface area contributed by atoms with E-state index in [1.807, 2.05) is 0 Å². The van der Waals surface area contributed by atoms with E-state index in [9.17, 15) is 13.2 Å². The Balaban J connectivity index is 4.01. The van der Waals surface area contributed by atoms with E-state index >= 15 is 0 Å². The minimum absolute atomic E-state index is 0.741. The third kappa shape index (κ3) is 2.35. The highest BCUT2D eigenvalue weighted by atomic mass is 35.7. The molecule has 0 amide bonds. The summed E-state index contributed by atoms with van der Waals surface area (Å²) in [5, 5.41) is 0. The summed E-state index contributed by atoms with van der Waals surface area (Å²) in [4.78, 5) is 0. The lowest BCUT2D eigenvalue weighted by Crippen LogP contribution is -2.37. The van der Waals surface area contributed by atoms with Crippen LogP contribution in [0, 0.1) is 0 Å². The first-order valence-electron chi connectivity index (χ1n) is 2.19. The normalized spacial score (nSPS) is 16.3. The van der Waals surface area contributed by atoms with Gasteiger partial charge >= 0.3 is 7.42 Å². The second-order valence-corrected chi connectivity index (χ2v) is 6.25. The van der Waals surface area contributed by atoms with Crippen LogP contribution in [0.15, 0.2) is 0 Å². The van der Waals surface area contributed by atoms with Gasteiger partial charge in [0.05, 0.1) is 0 Å². The Bertz CT molecular complexity index is 85.1. The number of hydrogen-bond donors (Lipinski definition) is 0. The summed E-state index contributed by atoms with van der Waals surface area (Å²) in [7, 11) is -3.20. The molecule has 0 radical (unpaired) electrons. The molecular formula is C3H5Cl2F3Si. The molecule has 0 saturated heterocycles. The molecule has 0 heterocycles. The van der Waals surface area contributed by atoms with Gasteiger partial charge in [0.1, 0.15) is 0 Å². The Morgan fingerprint density at radius 3 is 1.78 bits per heavy atom. The monoisotopic (exact) mass is 196 g/mol. The summed E-state index contributed by atoms with van der Waals surface area (Å²) >= 11 is 9.76. The van der Waals surface area contributed by atoms with Gasteiger partial charge in [0.2, 0.25) is 0 Å². The van der Waals surface area contributed by atoms with E-state index in [-0.39, 0.29) is 0 Å². The van der Waals surface area contributed by atoms with Crippen molar-refractivity contribution in [2.45, 2.75) is 18.6 Å². The van der Waals surface area contributed by atoms with E-state index in [2.05, 4.69) is 0 Å². The zero-order chi connectivity index (χ0) is 7.65. The van der Waals surface area contributed by atoms with Gasteiger partial charge in [-0.25, -0.2) is 13.2 Å². The Hall–Kier alpha value is 0.587. The maximum atomic E-state index is 12.1. The van der Waals surface area contributed by atoms with Crippen LogP contribution in [0.1, 0.15) is 6.92 Å². The maximum Gasteiger partial charge on any atom is 0.316 e. The van der Waals surface area contributed by atoms with E-state index in [1.165, 1.54) is 0 Å². The van der Waals surface area contributed by atoms with Crippen LogP contribution in [-0.2, 0) is 0 Å². The van der Waals surface area contributed by atoms with Gasteiger partial charge < -0.3 is 0 Å². The average Bonchev–Trinajstić information content (AvgIpc) is 1.65. The minimum Gasteiger partial charge on any atom is -0.241 e. The number of halogens is 5. The van der Waals surface area contributed by atoms with Gasteiger partial charge in [-0.05, 0) is 6.92 Å². The summed E-state index contributed by atoms with van der Waals surface area (Å²) < 4.78 is 36.0. The van der Waals surface area contributed by atoms with Gasteiger partial charge in [-0.2, -0.15) is 0 Å². The summed E-state index contributed by atoms with van der Waals surface area (Å²) in [6.45, 7) is 0.741. The first-order chi connectivity index (χ1) is 3.89. The van der Waals surface area contributed by atoms with E-state index in [1.54, 1.807) is 0 Å². The Morgan fingerprint density at radius 2 is 1.78 bits per heavy atom. The third-order valence-corrected chi connectivity index (χ3v) is 3.61. The minimum atomic E-state index is -3.50. The van der Waals surface area contributed by atoms with Crippen LogP contribution in [0.5, 0.6) is 0 Å². The third-order valence-electron chi connectivity index (χ3n) is 0.821. The van der Waals surface area contributed by atoms with E-state index in [0.29, 0.717) is 0 Å². The molecule has 0 rings (SSSR count). The lowest BCUT2D eigenvalue weighted by atomic mass is 10.5. The fraction of sp³-hybridized carbons (Fsp3) is 1.00. The summed E-state index contributed by atoms with van der Waals surface area (Å²) in [5.74, 6) is 0. The van der Waals surface area contributed by atoms with E-state index in [4.69, 9.17) is 22.2 Å². The van der Waals surface area contributed by atoms with Crippen molar-refractivity contribution in [1.29, 1.82) is 0 Å². The molecule has 0 aliphatic carbocycles. The van der Waals surface area contributed by atoms with Crippen molar-refractivity contribution >= 4 is 29.6 Å². The lowest BCUT2D eigenvalue weighted by Gasteiger charge is -2.16. The first kappa shape index (κ1) is 9.59. The van der Waals surface area contributed by atoms with Crippen LogP contribution in [0.4, 0.5) is 13.2 Å². The predicted octanol–water partition coefficient (Wildman–Crippen LogP) is 2.22. The smallest absolute Gasteiger partial charge is 0.241 e. The molecule has 0 N–H and O–H groups in total. The number of alkyl halides is 3. The van der Waals surface area contributed by atoms with Crippen molar-refractivity contribution in [1.82, 2.24) is 0 Å². The highest BCUT2D eigenvalue weighted by Gasteiger charge is 2.45. The molecule has 6 heteroatoms. The van der Waals surface area contributed by atoms with Crippen molar-refractivity contribution < 1.29 is 13.2 Å². The summed E-state index contributed by atoms with van der Waals surface area (Å²) in [6, 6.07) is 0. The van der Waals surface area contributed by atoms with Crippen LogP contribution in [0.25, 0.3) is 0 Å². The molecule has 0 aromatic rings. The van der Waals surface area contributed by atoms with E-state index in [0.717, 1.165) is 6.92 Å². The van der Waals surface area contributed by atoms with Gasteiger partial charge in [0.15, 0.2) is 6.17 Å². The number of rotatable bonds is 2. The lowest BCUT2D eigenvalue weighted by molar-refractivity contribution is 0.0122. The molecule has 1 unspecified atom stereocenters. The van der Waals surface area contributed by atoms with Gasteiger partial charge in [0.25, 0.3) is 5.55 Å². The zero-order valence-electron chi connectivity index (χ0n) is 4.54. The molecule has 0 bridgehead atoms. The van der Waals surface area contributed by atoms with Crippen LogP contribution >= 0.6 is 22.2 Å². The Kier molecular flexibility index (Phi) is 3.32. The van der Waals surface area contributed by atoms with Crippen LogP contribution in [0.3, 0.4) is 0 Å². The fourth-order valence-electron chi connectivity index (χ4n) is 0.174. The van der Waals surface area contributed by atoms with Crippen molar-refractivity contribution in [2.75, 3.05) is 0 Å². The van der Waals surface area contributed by atoms with Crippen molar-refractivity contribution in [3.63, 3.8) is 0 Å². The molecule has 0 saturated carbocycles. The highest BCUT2D eigenvalue weighted by Crippen LogP contribution is 2.28. The summed E-state index contributed by atoms with van der Waals surface area (Å²) in [6.07, 6.45) is -2.25. The quantitative estimate of drug-likeness (QED) is 0.470. The molecule has 0 aliphatic rings. The maximum absolute atomic E-state index is 12.1. The van der Waals surface area contributed by atoms with Crippen LogP contribution in [0.2, 0.25) is 0 Å². The predicted molar refractivity (Wildman–Crippen MR) is 34.4 cm³/mol. The Morgan fingerprint density at radius 1 is 1.44 bits per heavy atom. The fourth-order valence-corrected chi connectivity index (χ4v) is 1.56. The summed E-state index contributed by atoms with van der Waals surface area (Å²) in [5.41, 5.74) is -3.50. The molecule has 0 fully saturated rings. The molecule has 0 aromatic carbocycles. The van der Waals surface area contributed by atoms with Gasteiger partial charge in [-0.15, -0.1) is 22.2 Å². The molecule has 1 atom stereocenters. The topological polar surface area (TPSA) is 0 Å². The first-order valence-corrected chi connectivity index (χ1v) is 6.26. The second kappa shape index (κ2) is 3.12. The SMILES string of the molecule is CC(F)C(F)(F)[SiH](Cl)Cl. The van der Waals surface area contributed by atoms with Gasteiger partial charge in [-0.1, -0.05) is 0 Å². The Labute approximate surface area is 62.0 Å². The van der Waals surface area contributed by atoms with Crippen LogP contribution in [-0.4, -0.2) is 19.1 Å². The molecular weight excluding hydrogens is 192 g/mol. The molecule has 0 nitrogen and oxygen atoms in total. The second-order valence-electron chi connectivity index (χ2n) is 1.59. The van der Waals surface area contributed by atoms with E-state index < -0.39 is 19.1 Å². The molecule has 56 valence electrons. The zero-order valence-corrected chi connectivity index (χ0v) is 7.21. The standard InChI is InChI=1S/C3H5Cl2F3Si/c1-2(6)3(7,8)9(4)5/h2,9H,1H3. The molecule has 9 heavy (non-hydrogen) atoms. The van der Waals surface area contributed by atoms with Crippen molar-refractivity contribution in [3.8, 4) is 0 Å². The largest absolute Gasteiger partial charge is 0.316 e. The van der Waals surface area contributed by atoms with Gasteiger partial charge in [0, 0.05) is 0 Å². The molecule has 0 aromatic heterocycles. The average molecular weight is 197 g/mol.